The second-order valence-corrected chi connectivity index (χ2v) is 5.66. The summed E-state index contributed by atoms with van der Waals surface area (Å²) in [6, 6.07) is 11.4. The van der Waals surface area contributed by atoms with Crippen molar-refractivity contribution in [1.29, 1.82) is 0 Å². The van der Waals surface area contributed by atoms with Gasteiger partial charge in [-0.1, -0.05) is 29.8 Å². The van der Waals surface area contributed by atoms with Crippen molar-refractivity contribution < 1.29 is 14.3 Å². The number of carbonyl (C=O) groups excluding carboxylic acids is 1. The molecular weight excluding hydrogens is 346 g/mol. The van der Waals surface area contributed by atoms with Crippen LogP contribution in [0.25, 0.3) is 0 Å². The molecule has 0 aliphatic carbocycles. The summed E-state index contributed by atoms with van der Waals surface area (Å²) >= 11 is 3.39. The molecular formula is C17H18BrNO3. The molecule has 1 amide bonds. The fourth-order valence-corrected chi connectivity index (χ4v) is 2.54. The monoisotopic (exact) mass is 363 g/mol. The fourth-order valence-electron chi connectivity index (χ4n) is 1.99. The SMILES string of the molecule is COc1cc(C(=O)NCc2ccc(C)cc2)cc(OC)c1Br. The van der Waals surface area contributed by atoms with Crippen LogP contribution in [0, 0.1) is 6.92 Å². The molecule has 0 radical (unpaired) electrons. The van der Waals surface area contributed by atoms with Gasteiger partial charge in [0.15, 0.2) is 0 Å². The number of rotatable bonds is 5. The summed E-state index contributed by atoms with van der Waals surface area (Å²) in [5.74, 6) is 0.935. The maximum atomic E-state index is 12.3. The van der Waals surface area contributed by atoms with Crippen LogP contribution in [0.15, 0.2) is 40.9 Å². The summed E-state index contributed by atoms with van der Waals surface area (Å²) in [7, 11) is 3.10. The van der Waals surface area contributed by atoms with Crippen molar-refractivity contribution in [1.82, 2.24) is 5.32 Å². The Morgan fingerprint density at radius 3 is 2.14 bits per heavy atom. The predicted octanol–water partition coefficient (Wildman–Crippen LogP) is 3.70. The largest absolute Gasteiger partial charge is 0.495 e. The minimum Gasteiger partial charge on any atom is -0.495 e. The number of amides is 1. The van der Waals surface area contributed by atoms with Gasteiger partial charge in [-0.05, 0) is 40.5 Å². The van der Waals surface area contributed by atoms with Crippen LogP contribution in [-0.2, 0) is 6.54 Å². The molecule has 0 spiro atoms. The molecule has 2 aromatic carbocycles. The highest BCUT2D eigenvalue weighted by Gasteiger charge is 2.14. The average Bonchev–Trinajstić information content (AvgIpc) is 2.54. The first-order valence-corrected chi connectivity index (χ1v) is 7.59. The summed E-state index contributed by atoms with van der Waals surface area (Å²) in [5, 5.41) is 2.89. The Labute approximate surface area is 138 Å². The normalized spacial score (nSPS) is 10.2. The number of nitrogens with one attached hydrogen (secondary N) is 1. The van der Waals surface area contributed by atoms with Gasteiger partial charge in [-0.25, -0.2) is 0 Å². The van der Waals surface area contributed by atoms with Crippen molar-refractivity contribution in [2.24, 2.45) is 0 Å². The summed E-state index contributed by atoms with van der Waals surface area (Å²) < 4.78 is 11.2. The maximum absolute atomic E-state index is 12.3. The second-order valence-electron chi connectivity index (χ2n) is 4.86. The first-order chi connectivity index (χ1) is 10.5. The highest BCUT2D eigenvalue weighted by atomic mass is 79.9. The van der Waals surface area contributed by atoms with Crippen molar-refractivity contribution in [2.45, 2.75) is 13.5 Å². The van der Waals surface area contributed by atoms with E-state index in [1.165, 1.54) is 5.56 Å². The Bertz CT molecular complexity index is 643. The van der Waals surface area contributed by atoms with Gasteiger partial charge in [0.05, 0.1) is 14.2 Å². The van der Waals surface area contributed by atoms with Gasteiger partial charge in [0.1, 0.15) is 16.0 Å². The minimum absolute atomic E-state index is 0.176. The number of benzene rings is 2. The second kappa shape index (κ2) is 7.31. The van der Waals surface area contributed by atoms with E-state index < -0.39 is 0 Å². The maximum Gasteiger partial charge on any atom is 0.251 e. The molecule has 0 unspecified atom stereocenters. The summed E-state index contributed by atoms with van der Waals surface area (Å²) in [5.41, 5.74) is 2.73. The van der Waals surface area contributed by atoms with E-state index in [9.17, 15) is 4.79 Å². The van der Waals surface area contributed by atoms with Gasteiger partial charge in [0, 0.05) is 12.1 Å². The van der Waals surface area contributed by atoms with E-state index >= 15 is 0 Å². The summed E-state index contributed by atoms with van der Waals surface area (Å²) in [4.78, 5) is 12.3. The lowest BCUT2D eigenvalue weighted by Crippen LogP contribution is -2.22. The minimum atomic E-state index is -0.176. The Morgan fingerprint density at radius 2 is 1.64 bits per heavy atom. The molecule has 0 aromatic heterocycles. The van der Waals surface area contributed by atoms with Gasteiger partial charge in [-0.2, -0.15) is 0 Å². The highest BCUT2D eigenvalue weighted by molar-refractivity contribution is 9.10. The van der Waals surface area contributed by atoms with E-state index in [-0.39, 0.29) is 5.91 Å². The molecule has 0 atom stereocenters. The quantitative estimate of drug-likeness (QED) is 0.880. The van der Waals surface area contributed by atoms with E-state index in [2.05, 4.69) is 21.2 Å². The first kappa shape index (κ1) is 16.4. The van der Waals surface area contributed by atoms with Crippen LogP contribution in [0.5, 0.6) is 11.5 Å². The number of carbonyl (C=O) groups is 1. The van der Waals surface area contributed by atoms with Crippen LogP contribution in [0.3, 0.4) is 0 Å². The molecule has 0 aliphatic heterocycles. The highest BCUT2D eigenvalue weighted by Crippen LogP contribution is 2.35. The molecule has 4 nitrogen and oxygen atoms in total. The van der Waals surface area contributed by atoms with Crippen LogP contribution in [0.2, 0.25) is 0 Å². The predicted molar refractivity (Wildman–Crippen MR) is 89.6 cm³/mol. The average molecular weight is 364 g/mol. The van der Waals surface area contributed by atoms with Crippen molar-refractivity contribution in [2.75, 3.05) is 14.2 Å². The lowest BCUT2D eigenvalue weighted by Gasteiger charge is -2.12. The number of methoxy groups -OCH3 is 2. The lowest BCUT2D eigenvalue weighted by molar-refractivity contribution is 0.0950. The molecule has 5 heteroatoms. The molecule has 2 aromatic rings. The van der Waals surface area contributed by atoms with Gasteiger partial charge in [-0.3, -0.25) is 4.79 Å². The third kappa shape index (κ3) is 3.80. The first-order valence-electron chi connectivity index (χ1n) is 6.80. The van der Waals surface area contributed by atoms with E-state index in [4.69, 9.17) is 9.47 Å². The molecule has 116 valence electrons. The van der Waals surface area contributed by atoms with Crippen LogP contribution in [0.4, 0.5) is 0 Å². The Hall–Kier alpha value is -2.01. The van der Waals surface area contributed by atoms with E-state index in [1.807, 2.05) is 31.2 Å². The van der Waals surface area contributed by atoms with E-state index in [1.54, 1.807) is 26.4 Å². The molecule has 0 fully saturated rings. The van der Waals surface area contributed by atoms with Gasteiger partial charge in [0.2, 0.25) is 0 Å². The van der Waals surface area contributed by atoms with E-state index in [0.29, 0.717) is 28.1 Å². The Morgan fingerprint density at radius 1 is 1.09 bits per heavy atom. The number of hydrogen-bond donors (Lipinski definition) is 1. The van der Waals surface area contributed by atoms with Crippen LogP contribution >= 0.6 is 15.9 Å². The zero-order valence-corrected chi connectivity index (χ0v) is 14.4. The summed E-state index contributed by atoms with van der Waals surface area (Å²) in [6.45, 7) is 2.50. The molecule has 22 heavy (non-hydrogen) atoms. The lowest BCUT2D eigenvalue weighted by atomic mass is 10.1. The van der Waals surface area contributed by atoms with Gasteiger partial charge >= 0.3 is 0 Å². The van der Waals surface area contributed by atoms with Gasteiger partial charge in [-0.15, -0.1) is 0 Å². The Kier molecular flexibility index (Phi) is 5.44. The molecule has 2 rings (SSSR count). The van der Waals surface area contributed by atoms with Crippen LogP contribution in [-0.4, -0.2) is 20.1 Å². The topological polar surface area (TPSA) is 47.6 Å². The molecule has 0 saturated carbocycles. The zero-order chi connectivity index (χ0) is 16.1. The molecule has 0 saturated heterocycles. The van der Waals surface area contributed by atoms with Crippen LogP contribution in [0.1, 0.15) is 21.5 Å². The van der Waals surface area contributed by atoms with Crippen molar-refractivity contribution in [3.8, 4) is 11.5 Å². The number of aryl methyl sites for hydroxylation is 1. The third-order valence-electron chi connectivity index (χ3n) is 3.28. The standard InChI is InChI=1S/C17H18BrNO3/c1-11-4-6-12(7-5-11)10-19-17(20)13-8-14(21-2)16(18)15(9-13)22-3/h4-9H,10H2,1-3H3,(H,19,20). The molecule has 1 N–H and O–H groups in total. The van der Waals surface area contributed by atoms with Gasteiger partial charge in [0.25, 0.3) is 5.91 Å². The van der Waals surface area contributed by atoms with Crippen molar-refractivity contribution >= 4 is 21.8 Å². The molecule has 0 heterocycles. The molecule has 0 aliphatic rings. The number of halogens is 1. The Balaban J connectivity index is 2.13. The van der Waals surface area contributed by atoms with Crippen molar-refractivity contribution in [3.63, 3.8) is 0 Å². The summed E-state index contributed by atoms with van der Waals surface area (Å²) in [6.07, 6.45) is 0. The van der Waals surface area contributed by atoms with E-state index in [0.717, 1.165) is 5.56 Å². The molecule has 0 bridgehead atoms. The smallest absolute Gasteiger partial charge is 0.251 e. The van der Waals surface area contributed by atoms with Crippen LogP contribution < -0.4 is 14.8 Å². The number of ether oxygens (including phenoxy) is 2. The fraction of sp³-hybridized carbons (Fsp3) is 0.235. The zero-order valence-electron chi connectivity index (χ0n) is 12.8. The third-order valence-corrected chi connectivity index (χ3v) is 4.06. The van der Waals surface area contributed by atoms with Gasteiger partial charge < -0.3 is 14.8 Å². The van der Waals surface area contributed by atoms with Crippen molar-refractivity contribution in [3.05, 3.63) is 57.6 Å². The number of hydrogen-bond acceptors (Lipinski definition) is 3.